The first kappa shape index (κ1) is 21.5. The number of non-ortho nitro benzene ring substituents is 1. The van der Waals surface area contributed by atoms with Gasteiger partial charge in [-0.2, -0.15) is 0 Å². The number of hydrogen-bond donors (Lipinski definition) is 2. The van der Waals surface area contributed by atoms with Crippen LogP contribution < -0.4 is 5.32 Å². The molecule has 0 spiro atoms. The number of nitro benzene ring substituents is 1. The number of nitrogens with zero attached hydrogens (tertiary/aromatic N) is 3. The van der Waals surface area contributed by atoms with Gasteiger partial charge in [-0.15, -0.1) is 0 Å². The molecule has 2 N–H and O–H groups in total. The number of aromatic amines is 1. The maximum absolute atomic E-state index is 13.0. The zero-order valence-corrected chi connectivity index (χ0v) is 17.8. The Morgan fingerprint density at radius 3 is 2.59 bits per heavy atom. The van der Waals surface area contributed by atoms with Gasteiger partial charge in [-0.1, -0.05) is 25.1 Å². The van der Waals surface area contributed by atoms with Crippen LogP contribution in [0.2, 0.25) is 0 Å². The van der Waals surface area contributed by atoms with Gasteiger partial charge in [0.2, 0.25) is 5.91 Å². The van der Waals surface area contributed by atoms with Crippen molar-refractivity contribution in [1.82, 2.24) is 14.8 Å². The van der Waals surface area contributed by atoms with Crippen molar-refractivity contribution in [2.24, 2.45) is 0 Å². The van der Waals surface area contributed by atoms with Crippen LogP contribution in [-0.4, -0.2) is 64.2 Å². The van der Waals surface area contributed by atoms with Crippen molar-refractivity contribution in [3.63, 3.8) is 0 Å². The molecule has 4 rings (SSSR count). The molecule has 0 radical (unpaired) electrons. The molecule has 1 fully saturated rings. The predicted molar refractivity (Wildman–Crippen MR) is 122 cm³/mol. The summed E-state index contributed by atoms with van der Waals surface area (Å²) in [6.07, 6.45) is 2.44. The molecule has 2 heterocycles. The molecule has 2 aromatic carbocycles. The fourth-order valence-corrected chi connectivity index (χ4v) is 4.02. The van der Waals surface area contributed by atoms with E-state index in [-0.39, 0.29) is 24.0 Å². The summed E-state index contributed by atoms with van der Waals surface area (Å²) in [5.41, 5.74) is 2.98. The largest absolute Gasteiger partial charge is 0.360 e. The molecule has 166 valence electrons. The quantitative estimate of drug-likeness (QED) is 0.457. The summed E-state index contributed by atoms with van der Waals surface area (Å²) in [5.74, 6) is -0.243. The summed E-state index contributed by atoms with van der Waals surface area (Å²) in [6.45, 7) is 4.44. The molecule has 1 saturated heterocycles. The lowest BCUT2D eigenvalue weighted by Gasteiger charge is -2.34. The Labute approximate surface area is 185 Å². The molecule has 0 unspecified atom stereocenters. The van der Waals surface area contributed by atoms with Gasteiger partial charge >= 0.3 is 0 Å². The Balaban J connectivity index is 1.36. The topological polar surface area (TPSA) is 112 Å². The standard InChI is InChI=1S/C23H25N5O4/c1-2-16-5-3-4-6-20(16)25-22(29)15-26-9-11-27(12-10-26)23(30)19-14-24-21-8-7-17(28(31)32)13-18(19)21/h3-8,13-14,24H,2,9-12,15H2,1H3,(H,25,29). The molecule has 1 aliphatic heterocycles. The molecule has 0 bridgehead atoms. The van der Waals surface area contributed by atoms with Gasteiger partial charge in [0, 0.05) is 61.1 Å². The SMILES string of the molecule is CCc1ccccc1NC(=O)CN1CCN(C(=O)c2c[nH]c3ccc([N+](=O)[O-])cc23)CC1. The van der Waals surface area contributed by atoms with E-state index in [2.05, 4.69) is 10.3 Å². The van der Waals surface area contributed by atoms with Crippen LogP contribution in [0.25, 0.3) is 10.9 Å². The molecule has 0 atom stereocenters. The molecule has 9 heteroatoms. The van der Waals surface area contributed by atoms with Crippen molar-refractivity contribution in [3.8, 4) is 0 Å². The van der Waals surface area contributed by atoms with Gasteiger partial charge in [-0.05, 0) is 24.1 Å². The van der Waals surface area contributed by atoms with Gasteiger partial charge in [0.15, 0.2) is 0 Å². The maximum Gasteiger partial charge on any atom is 0.270 e. The Morgan fingerprint density at radius 2 is 1.88 bits per heavy atom. The number of benzene rings is 2. The summed E-state index contributed by atoms with van der Waals surface area (Å²) in [6, 6.07) is 12.2. The number of aryl methyl sites for hydroxylation is 1. The van der Waals surface area contributed by atoms with E-state index in [1.165, 1.54) is 12.1 Å². The van der Waals surface area contributed by atoms with Crippen LogP contribution in [0.1, 0.15) is 22.8 Å². The molecule has 3 aromatic rings. The first-order valence-electron chi connectivity index (χ1n) is 10.6. The number of anilines is 1. The Hall–Kier alpha value is -3.72. The van der Waals surface area contributed by atoms with Crippen molar-refractivity contribution in [2.45, 2.75) is 13.3 Å². The third-order valence-corrected chi connectivity index (χ3v) is 5.81. The van der Waals surface area contributed by atoms with Crippen molar-refractivity contribution >= 4 is 34.1 Å². The summed E-state index contributed by atoms with van der Waals surface area (Å²) < 4.78 is 0. The molecule has 0 saturated carbocycles. The first-order valence-corrected chi connectivity index (χ1v) is 10.6. The number of carbonyl (C=O) groups is 2. The van der Waals surface area contributed by atoms with Crippen LogP contribution in [0.15, 0.2) is 48.7 Å². The normalized spacial score (nSPS) is 14.5. The summed E-state index contributed by atoms with van der Waals surface area (Å²) in [5, 5.41) is 14.6. The van der Waals surface area contributed by atoms with E-state index in [9.17, 15) is 19.7 Å². The highest BCUT2D eigenvalue weighted by Crippen LogP contribution is 2.25. The average molecular weight is 435 g/mol. The molecular formula is C23H25N5O4. The van der Waals surface area contributed by atoms with Gasteiger partial charge in [-0.3, -0.25) is 24.6 Å². The van der Waals surface area contributed by atoms with E-state index in [0.717, 1.165) is 17.7 Å². The number of H-pyrrole nitrogens is 1. The second-order valence-electron chi connectivity index (χ2n) is 7.82. The number of fused-ring (bicyclic) bond motifs is 1. The fraction of sp³-hybridized carbons (Fsp3) is 0.304. The second-order valence-corrected chi connectivity index (χ2v) is 7.82. The van der Waals surface area contributed by atoms with Gasteiger partial charge < -0.3 is 15.2 Å². The molecule has 1 aliphatic rings. The number of piperazine rings is 1. The van der Waals surface area contributed by atoms with Crippen molar-refractivity contribution in [1.29, 1.82) is 0 Å². The first-order chi connectivity index (χ1) is 15.5. The molecule has 9 nitrogen and oxygen atoms in total. The number of aromatic nitrogens is 1. The average Bonchev–Trinajstić information content (AvgIpc) is 3.22. The van der Waals surface area contributed by atoms with Crippen LogP contribution in [0, 0.1) is 10.1 Å². The Bertz CT molecular complexity index is 1160. The number of para-hydroxylation sites is 1. The third kappa shape index (κ3) is 4.47. The lowest BCUT2D eigenvalue weighted by Crippen LogP contribution is -2.50. The van der Waals surface area contributed by atoms with Crippen molar-refractivity contribution in [2.75, 3.05) is 38.0 Å². The lowest BCUT2D eigenvalue weighted by atomic mass is 10.1. The molecular weight excluding hydrogens is 410 g/mol. The summed E-state index contributed by atoms with van der Waals surface area (Å²) >= 11 is 0. The maximum atomic E-state index is 13.0. The van der Waals surface area contributed by atoms with E-state index in [4.69, 9.17) is 0 Å². The van der Waals surface area contributed by atoms with Crippen LogP contribution in [0.4, 0.5) is 11.4 Å². The van der Waals surface area contributed by atoms with E-state index < -0.39 is 4.92 Å². The number of nitro groups is 1. The minimum absolute atomic E-state index is 0.0494. The zero-order valence-electron chi connectivity index (χ0n) is 17.8. The monoisotopic (exact) mass is 435 g/mol. The second kappa shape index (κ2) is 9.19. The lowest BCUT2D eigenvalue weighted by molar-refractivity contribution is -0.384. The van der Waals surface area contributed by atoms with Crippen LogP contribution in [0.3, 0.4) is 0 Å². The number of rotatable bonds is 6. The van der Waals surface area contributed by atoms with Gasteiger partial charge in [0.1, 0.15) is 0 Å². The van der Waals surface area contributed by atoms with Crippen LogP contribution in [-0.2, 0) is 11.2 Å². The van der Waals surface area contributed by atoms with Gasteiger partial charge in [0.05, 0.1) is 17.0 Å². The van der Waals surface area contributed by atoms with Crippen molar-refractivity contribution in [3.05, 3.63) is 69.9 Å². The Kier molecular flexibility index (Phi) is 6.18. The van der Waals surface area contributed by atoms with Gasteiger partial charge in [-0.25, -0.2) is 0 Å². The van der Waals surface area contributed by atoms with Crippen molar-refractivity contribution < 1.29 is 14.5 Å². The number of amides is 2. The zero-order chi connectivity index (χ0) is 22.7. The van der Waals surface area contributed by atoms with E-state index in [1.807, 2.05) is 36.1 Å². The van der Waals surface area contributed by atoms with E-state index in [1.54, 1.807) is 17.2 Å². The highest BCUT2D eigenvalue weighted by Gasteiger charge is 2.25. The fourth-order valence-electron chi connectivity index (χ4n) is 4.02. The number of carbonyl (C=O) groups excluding carboxylic acids is 2. The Morgan fingerprint density at radius 1 is 1.12 bits per heavy atom. The van der Waals surface area contributed by atoms with Gasteiger partial charge in [0.25, 0.3) is 11.6 Å². The van der Waals surface area contributed by atoms with Crippen LogP contribution >= 0.6 is 0 Å². The highest BCUT2D eigenvalue weighted by atomic mass is 16.6. The molecule has 2 amide bonds. The number of hydrogen-bond acceptors (Lipinski definition) is 5. The highest BCUT2D eigenvalue weighted by molar-refractivity contribution is 6.07. The predicted octanol–water partition coefficient (Wildman–Crippen LogP) is 3.04. The van der Waals surface area contributed by atoms with E-state index >= 15 is 0 Å². The molecule has 32 heavy (non-hydrogen) atoms. The van der Waals surface area contributed by atoms with E-state index in [0.29, 0.717) is 42.6 Å². The minimum atomic E-state index is -0.469. The molecule has 0 aliphatic carbocycles. The third-order valence-electron chi connectivity index (χ3n) is 5.81. The molecule has 1 aromatic heterocycles. The minimum Gasteiger partial charge on any atom is -0.360 e. The van der Waals surface area contributed by atoms with Crippen LogP contribution in [0.5, 0.6) is 0 Å². The smallest absolute Gasteiger partial charge is 0.270 e. The number of nitrogens with one attached hydrogen (secondary N) is 2. The summed E-state index contributed by atoms with van der Waals surface area (Å²) in [4.78, 5) is 42.9. The summed E-state index contributed by atoms with van der Waals surface area (Å²) in [7, 11) is 0.